The number of hydrazone groups is 1. The van der Waals surface area contributed by atoms with Crippen LogP contribution < -0.4 is 5.43 Å². The van der Waals surface area contributed by atoms with Crippen LogP contribution in [0.3, 0.4) is 0 Å². The molecule has 2 rings (SSSR count). The molecule has 0 aromatic heterocycles. The second-order valence-electron chi connectivity index (χ2n) is 4.42. The van der Waals surface area contributed by atoms with Crippen LogP contribution in [-0.4, -0.2) is 16.8 Å². The highest BCUT2D eigenvalue weighted by atomic mass is 19.1. The first-order chi connectivity index (χ1) is 10.1. The highest BCUT2D eigenvalue weighted by Gasteiger charge is 2.04. The maximum Gasteiger partial charge on any atom is 0.335 e. The lowest BCUT2D eigenvalue weighted by Gasteiger charge is -2.06. The summed E-state index contributed by atoms with van der Waals surface area (Å²) in [6.45, 7) is 1.94. The van der Waals surface area contributed by atoms with Gasteiger partial charge in [-0.1, -0.05) is 25.1 Å². The molecule has 2 aromatic rings. The summed E-state index contributed by atoms with van der Waals surface area (Å²) in [6.07, 6.45) is 0.664. The summed E-state index contributed by atoms with van der Waals surface area (Å²) < 4.78 is 12.9. The molecule has 0 aliphatic carbocycles. The molecule has 0 atom stereocenters. The molecule has 0 spiro atoms. The van der Waals surface area contributed by atoms with Crippen LogP contribution in [0.25, 0.3) is 0 Å². The minimum atomic E-state index is -0.989. The van der Waals surface area contributed by atoms with Gasteiger partial charge in [-0.05, 0) is 42.3 Å². The van der Waals surface area contributed by atoms with E-state index in [0.717, 1.165) is 11.3 Å². The van der Waals surface area contributed by atoms with E-state index in [9.17, 15) is 9.18 Å². The summed E-state index contributed by atoms with van der Waals surface area (Å²) in [5, 5.41) is 13.2. The van der Waals surface area contributed by atoms with Gasteiger partial charge < -0.3 is 5.11 Å². The highest BCUT2D eigenvalue weighted by Crippen LogP contribution is 2.12. The molecule has 2 aromatic carbocycles. The minimum absolute atomic E-state index is 0.190. The van der Waals surface area contributed by atoms with Crippen molar-refractivity contribution in [1.29, 1.82) is 0 Å². The lowest BCUT2D eigenvalue weighted by molar-refractivity contribution is 0.0697. The number of hydrogen-bond donors (Lipinski definition) is 2. The third-order valence-electron chi connectivity index (χ3n) is 2.94. The lowest BCUT2D eigenvalue weighted by Crippen LogP contribution is -2.04. The zero-order chi connectivity index (χ0) is 15.2. The van der Waals surface area contributed by atoms with Crippen molar-refractivity contribution in [3.8, 4) is 0 Å². The van der Waals surface area contributed by atoms with E-state index in [2.05, 4.69) is 10.5 Å². The van der Waals surface area contributed by atoms with Crippen molar-refractivity contribution in [2.75, 3.05) is 5.43 Å². The van der Waals surface area contributed by atoms with E-state index in [4.69, 9.17) is 5.11 Å². The number of hydrogen-bond acceptors (Lipinski definition) is 3. The molecule has 0 fully saturated rings. The molecule has 0 aliphatic rings. The molecule has 0 saturated heterocycles. The number of carbonyl (C=O) groups is 1. The molecule has 0 aliphatic heterocycles. The molecule has 108 valence electrons. The van der Waals surface area contributed by atoms with Crippen LogP contribution in [0.2, 0.25) is 0 Å². The first-order valence-electron chi connectivity index (χ1n) is 6.52. The first-order valence-corrected chi connectivity index (χ1v) is 6.52. The van der Waals surface area contributed by atoms with Crippen LogP contribution in [0.15, 0.2) is 53.6 Å². The Bertz CT molecular complexity index is 666. The Morgan fingerprint density at radius 1 is 1.19 bits per heavy atom. The zero-order valence-electron chi connectivity index (χ0n) is 11.5. The number of aromatic carboxylic acids is 1. The lowest BCUT2D eigenvalue weighted by atomic mass is 10.1. The Hall–Kier alpha value is -2.69. The first kappa shape index (κ1) is 14.7. The van der Waals surface area contributed by atoms with Crippen LogP contribution in [0.4, 0.5) is 10.1 Å². The van der Waals surface area contributed by atoms with Gasteiger partial charge in [0.15, 0.2) is 0 Å². The van der Waals surface area contributed by atoms with E-state index in [-0.39, 0.29) is 11.4 Å². The fraction of sp³-hybridized carbons (Fsp3) is 0.125. The SMILES string of the molecule is CC/C(=N\Nc1cccc(C(=O)O)c1)c1ccc(F)cc1. The molecular formula is C16H15FN2O2. The summed E-state index contributed by atoms with van der Waals surface area (Å²) >= 11 is 0. The average molecular weight is 286 g/mol. The number of benzene rings is 2. The summed E-state index contributed by atoms with van der Waals surface area (Å²) in [5.41, 5.74) is 5.19. The van der Waals surface area contributed by atoms with Crippen molar-refractivity contribution in [1.82, 2.24) is 0 Å². The Kier molecular flexibility index (Phi) is 4.66. The number of anilines is 1. The molecule has 0 radical (unpaired) electrons. The number of nitrogens with one attached hydrogen (secondary N) is 1. The van der Waals surface area contributed by atoms with Gasteiger partial charge in [0.05, 0.1) is 17.0 Å². The van der Waals surface area contributed by atoms with Crippen LogP contribution in [-0.2, 0) is 0 Å². The molecule has 4 nitrogen and oxygen atoms in total. The van der Waals surface area contributed by atoms with Gasteiger partial charge in [0, 0.05) is 0 Å². The van der Waals surface area contributed by atoms with E-state index >= 15 is 0 Å². The van der Waals surface area contributed by atoms with Crippen LogP contribution >= 0.6 is 0 Å². The molecule has 0 bridgehead atoms. The summed E-state index contributed by atoms with van der Waals surface area (Å²) in [7, 11) is 0. The molecule has 0 amide bonds. The van der Waals surface area contributed by atoms with Crippen molar-refractivity contribution in [3.05, 3.63) is 65.5 Å². The van der Waals surface area contributed by atoms with Crippen molar-refractivity contribution >= 4 is 17.4 Å². The van der Waals surface area contributed by atoms with Crippen molar-refractivity contribution in [3.63, 3.8) is 0 Å². The molecule has 0 heterocycles. The number of carboxylic acids is 1. The molecule has 5 heteroatoms. The van der Waals surface area contributed by atoms with Crippen LogP contribution in [0.5, 0.6) is 0 Å². The van der Waals surface area contributed by atoms with Crippen LogP contribution in [0.1, 0.15) is 29.3 Å². The second-order valence-corrected chi connectivity index (χ2v) is 4.42. The van der Waals surface area contributed by atoms with Gasteiger partial charge in [0.25, 0.3) is 0 Å². The fourth-order valence-electron chi connectivity index (χ4n) is 1.84. The van der Waals surface area contributed by atoms with E-state index in [1.54, 1.807) is 24.3 Å². The number of nitrogens with zero attached hydrogens (tertiary/aromatic N) is 1. The predicted octanol–water partition coefficient (Wildman–Crippen LogP) is 3.75. The predicted molar refractivity (Wildman–Crippen MR) is 80.3 cm³/mol. The topological polar surface area (TPSA) is 61.7 Å². The van der Waals surface area contributed by atoms with Gasteiger partial charge >= 0.3 is 5.97 Å². The van der Waals surface area contributed by atoms with Crippen LogP contribution in [0, 0.1) is 5.82 Å². The van der Waals surface area contributed by atoms with Gasteiger partial charge in [-0.2, -0.15) is 5.10 Å². The quantitative estimate of drug-likeness (QED) is 0.650. The maximum atomic E-state index is 12.9. The van der Waals surface area contributed by atoms with E-state index in [0.29, 0.717) is 12.1 Å². The molecule has 21 heavy (non-hydrogen) atoms. The Labute approximate surface area is 121 Å². The van der Waals surface area contributed by atoms with E-state index < -0.39 is 5.97 Å². The summed E-state index contributed by atoms with van der Waals surface area (Å²) in [5.74, 6) is -1.28. The monoisotopic (exact) mass is 286 g/mol. The Balaban J connectivity index is 2.19. The smallest absolute Gasteiger partial charge is 0.335 e. The third-order valence-corrected chi connectivity index (χ3v) is 2.94. The Morgan fingerprint density at radius 2 is 1.90 bits per heavy atom. The van der Waals surface area contributed by atoms with E-state index in [1.807, 2.05) is 6.92 Å². The van der Waals surface area contributed by atoms with E-state index in [1.165, 1.54) is 24.3 Å². The fourth-order valence-corrected chi connectivity index (χ4v) is 1.84. The normalized spacial score (nSPS) is 11.2. The summed E-state index contributed by atoms with van der Waals surface area (Å²) in [6, 6.07) is 12.5. The van der Waals surface area contributed by atoms with Crippen molar-refractivity contribution < 1.29 is 14.3 Å². The molecule has 2 N–H and O–H groups in total. The maximum absolute atomic E-state index is 12.9. The minimum Gasteiger partial charge on any atom is -0.478 e. The standard InChI is InChI=1S/C16H15FN2O2/c1-2-15(11-6-8-13(17)9-7-11)19-18-14-5-3-4-12(10-14)16(20)21/h3-10,18H,2H2,1H3,(H,20,21)/b19-15+. The Morgan fingerprint density at radius 3 is 2.52 bits per heavy atom. The number of halogens is 1. The summed E-state index contributed by atoms with van der Waals surface area (Å²) in [4.78, 5) is 10.9. The highest BCUT2D eigenvalue weighted by molar-refractivity contribution is 6.00. The third kappa shape index (κ3) is 3.89. The molecule has 0 saturated carbocycles. The average Bonchev–Trinajstić information content (AvgIpc) is 2.50. The van der Waals surface area contributed by atoms with Gasteiger partial charge in [0.2, 0.25) is 0 Å². The molecule has 0 unspecified atom stereocenters. The number of carboxylic acid groups (broad SMARTS) is 1. The van der Waals surface area contributed by atoms with Gasteiger partial charge in [-0.3, -0.25) is 5.43 Å². The zero-order valence-corrected chi connectivity index (χ0v) is 11.5. The molecular weight excluding hydrogens is 271 g/mol. The number of rotatable bonds is 5. The van der Waals surface area contributed by atoms with Gasteiger partial charge in [-0.25, -0.2) is 9.18 Å². The van der Waals surface area contributed by atoms with Crippen molar-refractivity contribution in [2.24, 2.45) is 5.10 Å². The second kappa shape index (κ2) is 6.65. The van der Waals surface area contributed by atoms with Gasteiger partial charge in [0.1, 0.15) is 5.82 Å². The largest absolute Gasteiger partial charge is 0.478 e. The van der Waals surface area contributed by atoms with Crippen molar-refractivity contribution in [2.45, 2.75) is 13.3 Å². The van der Waals surface area contributed by atoms with Gasteiger partial charge in [-0.15, -0.1) is 0 Å².